The zero-order valence-electron chi connectivity index (χ0n) is 9.45. The average molecular weight is 264 g/mol. The van der Waals surface area contributed by atoms with E-state index < -0.39 is 17.5 Å². The highest BCUT2D eigenvalue weighted by Gasteiger charge is 2.08. The maximum atomic E-state index is 13.0. The molecule has 1 heterocycles. The van der Waals surface area contributed by atoms with Crippen LogP contribution < -0.4 is 5.32 Å². The second-order valence-corrected chi connectivity index (χ2v) is 3.88. The third-order valence-electron chi connectivity index (χ3n) is 2.52. The summed E-state index contributed by atoms with van der Waals surface area (Å²) in [5.41, 5.74) is 1.02. The fourth-order valence-corrected chi connectivity index (χ4v) is 1.65. The molecular weight excluding hydrogens is 257 g/mol. The van der Waals surface area contributed by atoms with Gasteiger partial charge in [-0.05, 0) is 24.3 Å². The first-order valence-electron chi connectivity index (χ1n) is 5.40. The van der Waals surface area contributed by atoms with E-state index in [1.165, 1.54) is 24.3 Å². The van der Waals surface area contributed by atoms with Crippen molar-refractivity contribution in [3.8, 4) is 0 Å². The largest absolute Gasteiger partial charge is 0.423 e. The highest BCUT2D eigenvalue weighted by atomic mass is 19.2. The molecule has 0 aliphatic carbocycles. The van der Waals surface area contributed by atoms with Crippen molar-refractivity contribution in [3.63, 3.8) is 0 Å². The summed E-state index contributed by atoms with van der Waals surface area (Å²) < 4.78 is 44.0. The third kappa shape index (κ3) is 2.24. The number of rotatable bonds is 2. The summed E-state index contributed by atoms with van der Waals surface area (Å²) in [5, 5.41) is 2.67. The molecule has 0 fully saturated rings. The first-order chi connectivity index (χ1) is 9.11. The molecule has 0 aliphatic heterocycles. The molecule has 0 aliphatic rings. The van der Waals surface area contributed by atoms with Gasteiger partial charge in [0, 0.05) is 17.8 Å². The van der Waals surface area contributed by atoms with Crippen LogP contribution in [0.4, 0.5) is 24.9 Å². The van der Waals surface area contributed by atoms with Gasteiger partial charge in [-0.3, -0.25) is 0 Å². The minimum Gasteiger partial charge on any atom is -0.423 e. The van der Waals surface area contributed by atoms with Crippen LogP contribution in [0, 0.1) is 17.5 Å². The van der Waals surface area contributed by atoms with Gasteiger partial charge in [-0.1, -0.05) is 0 Å². The minimum absolute atomic E-state index is 0.0756. The van der Waals surface area contributed by atoms with Crippen LogP contribution >= 0.6 is 0 Å². The zero-order chi connectivity index (χ0) is 13.4. The lowest BCUT2D eigenvalue weighted by Gasteiger charge is -2.01. The van der Waals surface area contributed by atoms with Crippen molar-refractivity contribution in [1.82, 2.24) is 4.98 Å². The highest BCUT2D eigenvalue weighted by Crippen LogP contribution is 2.23. The Morgan fingerprint density at radius 2 is 1.79 bits per heavy atom. The number of halogens is 3. The van der Waals surface area contributed by atoms with E-state index in [1.807, 2.05) is 0 Å². The Kier molecular flexibility index (Phi) is 2.63. The Morgan fingerprint density at radius 1 is 0.947 bits per heavy atom. The van der Waals surface area contributed by atoms with Crippen molar-refractivity contribution in [2.24, 2.45) is 0 Å². The number of hydrogen-bond donors (Lipinski definition) is 1. The molecule has 19 heavy (non-hydrogen) atoms. The van der Waals surface area contributed by atoms with E-state index in [2.05, 4.69) is 10.3 Å². The number of oxazole rings is 1. The molecule has 0 spiro atoms. The molecule has 1 N–H and O–H groups in total. The van der Waals surface area contributed by atoms with Crippen molar-refractivity contribution in [1.29, 1.82) is 0 Å². The van der Waals surface area contributed by atoms with Crippen molar-refractivity contribution >= 4 is 22.8 Å². The fraction of sp³-hybridized carbons (Fsp3) is 0. The molecule has 6 heteroatoms. The molecule has 3 rings (SSSR count). The summed E-state index contributed by atoms with van der Waals surface area (Å²) in [7, 11) is 0. The number of aromatic nitrogens is 1. The van der Waals surface area contributed by atoms with E-state index in [0.717, 1.165) is 12.1 Å². The van der Waals surface area contributed by atoms with Gasteiger partial charge in [0.15, 0.2) is 17.2 Å². The SMILES string of the molecule is Fc1ccc2nc(Nc3ccc(F)c(F)c3)oc2c1. The second-order valence-electron chi connectivity index (χ2n) is 3.88. The van der Waals surface area contributed by atoms with E-state index in [9.17, 15) is 13.2 Å². The standard InChI is InChI=1S/C13H7F3N2O/c14-7-1-4-11-12(5-7)19-13(18-11)17-8-2-3-9(15)10(16)6-8/h1-6H,(H,17,18). The van der Waals surface area contributed by atoms with Gasteiger partial charge in [-0.2, -0.15) is 4.98 Å². The van der Waals surface area contributed by atoms with E-state index in [4.69, 9.17) is 4.42 Å². The van der Waals surface area contributed by atoms with Crippen LogP contribution in [0.25, 0.3) is 11.1 Å². The predicted molar refractivity (Wildman–Crippen MR) is 63.6 cm³/mol. The molecule has 3 aromatic rings. The lowest BCUT2D eigenvalue weighted by molar-refractivity contribution is 0.509. The van der Waals surface area contributed by atoms with Crippen LogP contribution in [0.15, 0.2) is 40.8 Å². The molecule has 0 saturated heterocycles. The quantitative estimate of drug-likeness (QED) is 0.760. The molecule has 0 unspecified atom stereocenters. The minimum atomic E-state index is -0.979. The topological polar surface area (TPSA) is 38.1 Å². The van der Waals surface area contributed by atoms with Crippen molar-refractivity contribution in [3.05, 3.63) is 53.8 Å². The third-order valence-corrected chi connectivity index (χ3v) is 2.52. The van der Waals surface area contributed by atoms with E-state index >= 15 is 0 Å². The zero-order valence-corrected chi connectivity index (χ0v) is 9.45. The van der Waals surface area contributed by atoms with Crippen molar-refractivity contribution in [2.45, 2.75) is 0 Å². The van der Waals surface area contributed by atoms with Gasteiger partial charge in [0.25, 0.3) is 6.01 Å². The maximum absolute atomic E-state index is 13.0. The van der Waals surface area contributed by atoms with Crippen LogP contribution in [0.5, 0.6) is 0 Å². The average Bonchev–Trinajstić information content (AvgIpc) is 2.75. The smallest absolute Gasteiger partial charge is 0.300 e. The number of nitrogens with zero attached hydrogens (tertiary/aromatic N) is 1. The Labute approximate surface area is 105 Å². The first-order valence-corrected chi connectivity index (χ1v) is 5.40. The molecule has 0 atom stereocenters. The van der Waals surface area contributed by atoms with E-state index in [0.29, 0.717) is 5.52 Å². The van der Waals surface area contributed by atoms with Crippen LogP contribution in [0.3, 0.4) is 0 Å². The predicted octanol–water partition coefficient (Wildman–Crippen LogP) is 3.99. The lowest BCUT2D eigenvalue weighted by atomic mass is 10.3. The van der Waals surface area contributed by atoms with E-state index in [1.54, 1.807) is 0 Å². The summed E-state index contributed by atoms with van der Waals surface area (Å²) in [4.78, 5) is 4.04. The highest BCUT2D eigenvalue weighted by molar-refractivity contribution is 5.75. The van der Waals surface area contributed by atoms with Crippen LogP contribution in [-0.4, -0.2) is 4.98 Å². The van der Waals surface area contributed by atoms with Gasteiger partial charge in [0.05, 0.1) is 0 Å². The van der Waals surface area contributed by atoms with E-state index in [-0.39, 0.29) is 17.3 Å². The van der Waals surface area contributed by atoms with Gasteiger partial charge >= 0.3 is 0 Å². The molecule has 1 aromatic heterocycles. The molecule has 0 amide bonds. The summed E-state index contributed by atoms with van der Waals surface area (Å²) in [5.74, 6) is -2.36. The molecular formula is C13H7F3N2O. The molecule has 0 radical (unpaired) electrons. The van der Waals surface area contributed by atoms with Crippen LogP contribution in [0.1, 0.15) is 0 Å². The fourth-order valence-electron chi connectivity index (χ4n) is 1.65. The lowest BCUT2D eigenvalue weighted by Crippen LogP contribution is -1.92. The number of anilines is 2. The number of nitrogens with one attached hydrogen (secondary N) is 1. The summed E-state index contributed by atoms with van der Waals surface area (Å²) in [6.07, 6.45) is 0. The summed E-state index contributed by atoms with van der Waals surface area (Å²) in [6, 6.07) is 7.29. The van der Waals surface area contributed by atoms with Crippen molar-refractivity contribution in [2.75, 3.05) is 5.32 Å². The summed E-state index contributed by atoms with van der Waals surface area (Å²) >= 11 is 0. The van der Waals surface area contributed by atoms with Gasteiger partial charge in [-0.15, -0.1) is 0 Å². The van der Waals surface area contributed by atoms with Gasteiger partial charge in [0.1, 0.15) is 11.3 Å². The number of fused-ring (bicyclic) bond motifs is 1. The molecule has 2 aromatic carbocycles. The number of hydrogen-bond acceptors (Lipinski definition) is 3. The Morgan fingerprint density at radius 3 is 2.58 bits per heavy atom. The molecule has 0 bridgehead atoms. The molecule has 3 nitrogen and oxygen atoms in total. The van der Waals surface area contributed by atoms with Crippen LogP contribution in [0.2, 0.25) is 0 Å². The number of benzene rings is 2. The molecule has 96 valence electrons. The Bertz CT molecular complexity index is 755. The van der Waals surface area contributed by atoms with Crippen molar-refractivity contribution < 1.29 is 17.6 Å². The maximum Gasteiger partial charge on any atom is 0.300 e. The normalized spacial score (nSPS) is 10.9. The monoisotopic (exact) mass is 264 g/mol. The first kappa shape index (κ1) is 11.6. The van der Waals surface area contributed by atoms with Crippen LogP contribution in [-0.2, 0) is 0 Å². The van der Waals surface area contributed by atoms with Gasteiger partial charge in [0.2, 0.25) is 0 Å². The van der Waals surface area contributed by atoms with Gasteiger partial charge < -0.3 is 9.73 Å². The Hall–Kier alpha value is -2.50. The Balaban J connectivity index is 1.94. The second kappa shape index (κ2) is 4.31. The van der Waals surface area contributed by atoms with Gasteiger partial charge in [-0.25, -0.2) is 13.2 Å². The molecule has 0 saturated carbocycles. The summed E-state index contributed by atoms with van der Waals surface area (Å²) in [6.45, 7) is 0.